The van der Waals surface area contributed by atoms with E-state index in [4.69, 9.17) is 15.0 Å². The predicted molar refractivity (Wildman–Crippen MR) is 244 cm³/mol. The third-order valence-corrected chi connectivity index (χ3v) is 12.1. The average Bonchev–Trinajstić information content (AvgIpc) is 3.76. The van der Waals surface area contributed by atoms with Crippen LogP contribution in [0.3, 0.4) is 0 Å². The molecule has 0 spiro atoms. The minimum Gasteiger partial charge on any atom is -0.309 e. The summed E-state index contributed by atoms with van der Waals surface area (Å²) in [5.74, 6) is 1.75. The summed E-state index contributed by atoms with van der Waals surface area (Å²) >= 11 is 0. The highest BCUT2D eigenvalue weighted by molar-refractivity contribution is 6.11. The van der Waals surface area contributed by atoms with Gasteiger partial charge in [0.2, 0.25) is 0 Å². The van der Waals surface area contributed by atoms with Crippen molar-refractivity contribution in [3.8, 4) is 79.3 Å². The maximum absolute atomic E-state index is 10.5. The van der Waals surface area contributed by atoms with Crippen molar-refractivity contribution in [1.82, 2.24) is 19.5 Å². The van der Waals surface area contributed by atoms with Crippen molar-refractivity contribution in [2.24, 2.45) is 0 Å². The third kappa shape index (κ3) is 5.73. The van der Waals surface area contributed by atoms with E-state index >= 15 is 0 Å². The highest BCUT2D eigenvalue weighted by atomic mass is 15.0. The van der Waals surface area contributed by atoms with Crippen LogP contribution in [-0.2, 0) is 5.41 Å². The number of hydrogen-bond donors (Lipinski definition) is 0. The summed E-state index contributed by atoms with van der Waals surface area (Å²) in [5, 5.41) is 12.9. The fourth-order valence-electron chi connectivity index (χ4n) is 9.10. The molecule has 60 heavy (non-hydrogen) atoms. The molecule has 0 saturated heterocycles. The largest absolute Gasteiger partial charge is 0.309 e. The summed E-state index contributed by atoms with van der Waals surface area (Å²) in [5.41, 5.74) is 15.3. The van der Waals surface area contributed by atoms with Crippen LogP contribution in [0.25, 0.3) is 95.0 Å². The lowest BCUT2D eigenvalue weighted by Crippen LogP contribution is -2.15. The molecule has 0 atom stereocenters. The lowest BCUT2D eigenvalue weighted by atomic mass is 9.82. The molecule has 0 amide bonds. The van der Waals surface area contributed by atoms with E-state index in [1.165, 1.54) is 33.0 Å². The van der Waals surface area contributed by atoms with Crippen molar-refractivity contribution in [3.63, 3.8) is 0 Å². The lowest BCUT2D eigenvalue weighted by molar-refractivity contribution is 0.661. The summed E-state index contributed by atoms with van der Waals surface area (Å²) in [4.78, 5) is 15.3. The molecule has 1 aliphatic carbocycles. The van der Waals surface area contributed by atoms with Crippen LogP contribution in [-0.4, -0.2) is 19.5 Å². The molecule has 5 nitrogen and oxygen atoms in total. The van der Waals surface area contributed by atoms with E-state index in [1.807, 2.05) is 97.1 Å². The molecule has 0 fully saturated rings. The van der Waals surface area contributed by atoms with Crippen molar-refractivity contribution in [1.29, 1.82) is 5.26 Å². The number of fused-ring (bicyclic) bond motifs is 6. The van der Waals surface area contributed by atoms with Gasteiger partial charge in [0, 0.05) is 38.6 Å². The molecule has 2 heterocycles. The average molecular weight is 768 g/mol. The third-order valence-electron chi connectivity index (χ3n) is 12.1. The zero-order chi connectivity index (χ0) is 40.4. The molecule has 11 rings (SSSR count). The molecule has 0 bridgehead atoms. The molecule has 282 valence electrons. The molecule has 1 aliphatic rings. The van der Waals surface area contributed by atoms with Gasteiger partial charge in [-0.25, -0.2) is 15.0 Å². The van der Waals surface area contributed by atoms with E-state index in [1.54, 1.807) is 0 Å². The van der Waals surface area contributed by atoms with Crippen molar-refractivity contribution < 1.29 is 0 Å². The Labute approximate surface area is 348 Å². The van der Waals surface area contributed by atoms with Gasteiger partial charge in [-0.3, -0.25) is 0 Å². The van der Waals surface area contributed by atoms with Gasteiger partial charge in [0.15, 0.2) is 17.5 Å². The summed E-state index contributed by atoms with van der Waals surface area (Å²) < 4.78 is 2.39. The van der Waals surface area contributed by atoms with Gasteiger partial charge in [0.25, 0.3) is 0 Å². The number of benzene rings is 8. The number of nitrogens with zero attached hydrogens (tertiary/aromatic N) is 5. The van der Waals surface area contributed by atoms with Gasteiger partial charge in [-0.05, 0) is 87.0 Å². The van der Waals surface area contributed by atoms with Crippen LogP contribution < -0.4 is 0 Å². The van der Waals surface area contributed by atoms with E-state index in [-0.39, 0.29) is 5.41 Å². The number of aromatic nitrogens is 4. The number of rotatable bonds is 6. The van der Waals surface area contributed by atoms with Crippen molar-refractivity contribution >= 4 is 21.8 Å². The van der Waals surface area contributed by atoms with E-state index in [9.17, 15) is 5.26 Å². The Morgan fingerprint density at radius 1 is 0.417 bits per heavy atom. The topological polar surface area (TPSA) is 67.4 Å². The van der Waals surface area contributed by atoms with Crippen molar-refractivity contribution in [3.05, 3.63) is 205 Å². The molecule has 0 aliphatic heterocycles. The Balaban J connectivity index is 1.19. The number of nitriles is 1. The molecule has 2 aromatic heterocycles. The van der Waals surface area contributed by atoms with E-state index < -0.39 is 0 Å². The Morgan fingerprint density at radius 3 is 1.68 bits per heavy atom. The molecule has 5 heteroatoms. The van der Waals surface area contributed by atoms with Gasteiger partial charge >= 0.3 is 0 Å². The first-order valence-corrected chi connectivity index (χ1v) is 20.2. The van der Waals surface area contributed by atoms with Gasteiger partial charge in [-0.1, -0.05) is 159 Å². The van der Waals surface area contributed by atoms with Crippen LogP contribution >= 0.6 is 0 Å². The van der Waals surface area contributed by atoms with Gasteiger partial charge in [0.1, 0.15) is 0 Å². The van der Waals surface area contributed by atoms with Crippen LogP contribution in [0.5, 0.6) is 0 Å². The maximum atomic E-state index is 10.5. The second kappa shape index (κ2) is 13.9. The number of para-hydroxylation sites is 1. The maximum Gasteiger partial charge on any atom is 0.164 e. The van der Waals surface area contributed by atoms with Gasteiger partial charge < -0.3 is 4.57 Å². The van der Waals surface area contributed by atoms with Gasteiger partial charge in [-0.2, -0.15) is 5.26 Å². The normalized spacial score (nSPS) is 12.6. The molecule has 10 aromatic rings. The van der Waals surface area contributed by atoms with E-state index in [2.05, 4.69) is 115 Å². The first-order chi connectivity index (χ1) is 29.4. The Morgan fingerprint density at radius 2 is 1.00 bits per heavy atom. The fourth-order valence-corrected chi connectivity index (χ4v) is 9.10. The molecule has 0 saturated carbocycles. The van der Waals surface area contributed by atoms with Crippen LogP contribution in [0.1, 0.15) is 30.5 Å². The Kier molecular flexibility index (Phi) is 8.14. The molecular weight excluding hydrogens is 731 g/mol. The minimum absolute atomic E-state index is 0.171. The zero-order valence-corrected chi connectivity index (χ0v) is 33.1. The molecule has 0 radical (unpaired) electrons. The summed E-state index contributed by atoms with van der Waals surface area (Å²) in [6.45, 7) is 4.66. The SMILES string of the molecule is CC1(C)c2ccccc2-c2cc3c4ccccc4n(-c4cc(-c5ccc(-c6ccccc6)c(C#N)c5)cc(-c5nc(-c6ccccc6)nc(-c6ccccc6)n5)c4)c3cc21. The Bertz CT molecular complexity index is 3280. The van der Waals surface area contributed by atoms with E-state index in [0.29, 0.717) is 23.0 Å². The van der Waals surface area contributed by atoms with Crippen molar-refractivity contribution in [2.75, 3.05) is 0 Å². The second-order valence-electron chi connectivity index (χ2n) is 16.0. The highest BCUT2D eigenvalue weighted by Gasteiger charge is 2.36. The monoisotopic (exact) mass is 767 g/mol. The number of hydrogen-bond acceptors (Lipinski definition) is 4. The predicted octanol–water partition coefficient (Wildman–Crippen LogP) is 13.5. The van der Waals surface area contributed by atoms with E-state index in [0.717, 1.165) is 55.7 Å². The standard InChI is InChI=1S/C55H37N5/c1-55(2)48-24-14-12-22-44(48)46-32-47-45-23-13-15-25-50(45)60(51(47)33-49(46)55)42-30-39(38-26-27-43(41(28-38)34-56)35-16-6-3-7-17-35)29-40(31-42)54-58-52(36-18-8-4-9-19-36)57-53(59-54)37-20-10-5-11-21-37/h3-33H,1-2H3. The fraction of sp³-hybridized carbons (Fsp3) is 0.0545. The summed E-state index contributed by atoms with van der Waals surface area (Å²) in [6, 6.07) is 67.8. The first kappa shape index (κ1) is 35.2. The molecule has 0 unspecified atom stereocenters. The minimum atomic E-state index is -0.171. The first-order valence-electron chi connectivity index (χ1n) is 20.2. The smallest absolute Gasteiger partial charge is 0.164 e. The van der Waals surface area contributed by atoms with Crippen LogP contribution in [0.4, 0.5) is 0 Å². The lowest BCUT2D eigenvalue weighted by Gasteiger charge is -2.22. The molecule has 8 aromatic carbocycles. The van der Waals surface area contributed by atoms with Crippen LogP contribution in [0.2, 0.25) is 0 Å². The summed E-state index contributed by atoms with van der Waals surface area (Å²) in [7, 11) is 0. The van der Waals surface area contributed by atoms with Gasteiger partial charge in [0.05, 0.1) is 22.7 Å². The van der Waals surface area contributed by atoms with Crippen molar-refractivity contribution in [2.45, 2.75) is 19.3 Å². The Hall–Kier alpha value is -7.94. The molecular formula is C55H37N5. The highest BCUT2D eigenvalue weighted by Crippen LogP contribution is 2.51. The summed E-state index contributed by atoms with van der Waals surface area (Å²) in [6.07, 6.45) is 0. The van der Waals surface area contributed by atoms with Crippen LogP contribution in [0, 0.1) is 11.3 Å². The second-order valence-corrected chi connectivity index (χ2v) is 16.0. The quantitative estimate of drug-likeness (QED) is 0.169. The zero-order valence-electron chi connectivity index (χ0n) is 33.1. The van der Waals surface area contributed by atoms with Gasteiger partial charge in [-0.15, -0.1) is 0 Å². The molecule has 0 N–H and O–H groups in total. The van der Waals surface area contributed by atoms with Crippen LogP contribution in [0.15, 0.2) is 188 Å².